The molecule has 0 radical (unpaired) electrons. The molecule has 0 saturated carbocycles. The maximum Gasteiger partial charge on any atom is 0.140 e. The molecule has 0 spiro atoms. The Morgan fingerprint density at radius 2 is 2.00 bits per heavy atom. The van der Waals surface area contributed by atoms with Crippen LogP contribution in [0.25, 0.3) is 11.0 Å². The Bertz CT molecular complexity index is 797. The number of aliphatic hydroxyl groups is 1. The highest BCUT2D eigenvalue weighted by atomic mass is 79.9. The Hall–Kier alpha value is -1.49. The lowest BCUT2D eigenvalue weighted by Crippen LogP contribution is -2.01. The van der Waals surface area contributed by atoms with Crippen LogP contribution >= 0.6 is 27.5 Å². The molecule has 0 amide bonds. The van der Waals surface area contributed by atoms with Crippen molar-refractivity contribution in [1.29, 1.82) is 0 Å². The Kier molecular flexibility index (Phi) is 3.93. The van der Waals surface area contributed by atoms with Gasteiger partial charge in [0.1, 0.15) is 23.2 Å². The van der Waals surface area contributed by atoms with E-state index < -0.39 is 6.10 Å². The molecule has 0 aliphatic carbocycles. The molecule has 0 fully saturated rings. The highest BCUT2D eigenvalue weighted by Crippen LogP contribution is 2.35. The van der Waals surface area contributed by atoms with Crippen LogP contribution in [0.1, 0.15) is 17.4 Å². The van der Waals surface area contributed by atoms with Crippen molar-refractivity contribution in [2.24, 2.45) is 0 Å². The molecule has 0 bridgehead atoms. The summed E-state index contributed by atoms with van der Waals surface area (Å²) in [7, 11) is 1.57. The van der Waals surface area contributed by atoms with E-state index in [1.54, 1.807) is 43.5 Å². The van der Waals surface area contributed by atoms with Gasteiger partial charge in [0.15, 0.2) is 0 Å². The molecular weight excluding hydrogens is 356 g/mol. The van der Waals surface area contributed by atoms with E-state index in [4.69, 9.17) is 20.8 Å². The SMILES string of the molecule is COc1cc(Br)ccc1C(O)c1cc2cc(Cl)ccc2o1. The van der Waals surface area contributed by atoms with Crippen molar-refractivity contribution in [3.63, 3.8) is 0 Å². The van der Waals surface area contributed by atoms with Crippen LogP contribution in [-0.4, -0.2) is 12.2 Å². The normalized spacial score (nSPS) is 12.6. The average Bonchev–Trinajstić information content (AvgIpc) is 2.89. The predicted octanol–water partition coefficient (Wildman–Crippen LogP) is 4.94. The first-order valence-corrected chi connectivity index (χ1v) is 7.46. The third-order valence-corrected chi connectivity index (χ3v) is 3.99. The van der Waals surface area contributed by atoms with Gasteiger partial charge in [0.05, 0.1) is 7.11 Å². The van der Waals surface area contributed by atoms with Crippen LogP contribution in [0.3, 0.4) is 0 Å². The monoisotopic (exact) mass is 366 g/mol. The smallest absolute Gasteiger partial charge is 0.140 e. The van der Waals surface area contributed by atoms with Crippen molar-refractivity contribution in [3.05, 3.63) is 63.3 Å². The van der Waals surface area contributed by atoms with Crippen LogP contribution in [-0.2, 0) is 0 Å². The van der Waals surface area contributed by atoms with E-state index >= 15 is 0 Å². The minimum absolute atomic E-state index is 0.452. The second-order valence-corrected chi connectivity index (χ2v) is 5.97. The molecule has 3 nitrogen and oxygen atoms in total. The third kappa shape index (κ3) is 2.79. The van der Waals surface area contributed by atoms with Gasteiger partial charge in [-0.2, -0.15) is 0 Å². The van der Waals surface area contributed by atoms with Crippen molar-refractivity contribution < 1.29 is 14.3 Å². The Balaban J connectivity index is 2.05. The Morgan fingerprint density at radius 3 is 2.76 bits per heavy atom. The second-order valence-electron chi connectivity index (χ2n) is 4.62. The topological polar surface area (TPSA) is 42.6 Å². The Labute approximate surface area is 135 Å². The summed E-state index contributed by atoms with van der Waals surface area (Å²) in [6.45, 7) is 0. The predicted molar refractivity (Wildman–Crippen MR) is 86.0 cm³/mol. The summed E-state index contributed by atoms with van der Waals surface area (Å²) < 4.78 is 11.9. The minimum Gasteiger partial charge on any atom is -0.496 e. The zero-order chi connectivity index (χ0) is 15.0. The lowest BCUT2D eigenvalue weighted by atomic mass is 10.1. The molecule has 1 aromatic heterocycles. The van der Waals surface area contributed by atoms with Crippen molar-refractivity contribution in [2.75, 3.05) is 7.11 Å². The largest absolute Gasteiger partial charge is 0.496 e. The zero-order valence-electron chi connectivity index (χ0n) is 11.1. The van der Waals surface area contributed by atoms with Gasteiger partial charge in [-0.1, -0.05) is 33.6 Å². The number of methoxy groups -OCH3 is 1. The average molecular weight is 368 g/mol. The van der Waals surface area contributed by atoms with Crippen LogP contribution in [0.5, 0.6) is 5.75 Å². The number of aliphatic hydroxyl groups excluding tert-OH is 1. The van der Waals surface area contributed by atoms with Gasteiger partial charge in [0.25, 0.3) is 0 Å². The maximum atomic E-state index is 10.5. The highest BCUT2D eigenvalue weighted by molar-refractivity contribution is 9.10. The van der Waals surface area contributed by atoms with Gasteiger partial charge < -0.3 is 14.3 Å². The fourth-order valence-electron chi connectivity index (χ4n) is 2.23. The molecule has 5 heteroatoms. The van der Waals surface area contributed by atoms with Gasteiger partial charge in [-0.25, -0.2) is 0 Å². The van der Waals surface area contributed by atoms with Gasteiger partial charge in [-0.05, 0) is 36.4 Å². The summed E-state index contributed by atoms with van der Waals surface area (Å²) in [5.41, 5.74) is 1.33. The number of rotatable bonds is 3. The molecule has 3 aromatic rings. The first-order valence-electron chi connectivity index (χ1n) is 6.29. The van der Waals surface area contributed by atoms with Crippen LogP contribution < -0.4 is 4.74 Å². The van der Waals surface area contributed by atoms with E-state index in [-0.39, 0.29) is 0 Å². The summed E-state index contributed by atoms with van der Waals surface area (Å²) in [6.07, 6.45) is -0.903. The molecule has 0 aliphatic heterocycles. The molecule has 108 valence electrons. The van der Waals surface area contributed by atoms with E-state index in [0.29, 0.717) is 27.7 Å². The molecule has 1 heterocycles. The molecule has 0 saturated heterocycles. The number of hydrogen-bond acceptors (Lipinski definition) is 3. The van der Waals surface area contributed by atoms with Crippen LogP contribution in [0, 0.1) is 0 Å². The number of halogens is 2. The zero-order valence-corrected chi connectivity index (χ0v) is 13.5. The number of furan rings is 1. The van der Waals surface area contributed by atoms with Gasteiger partial charge in [-0.15, -0.1) is 0 Å². The molecule has 1 N–H and O–H groups in total. The molecule has 1 unspecified atom stereocenters. The standard InChI is InChI=1S/C16H12BrClO3/c1-20-14-8-10(17)2-4-12(14)16(19)15-7-9-6-11(18)3-5-13(9)21-15/h2-8,16,19H,1H3. The van der Waals surface area contributed by atoms with Gasteiger partial charge in [0, 0.05) is 20.4 Å². The molecule has 3 rings (SSSR count). The summed E-state index contributed by atoms with van der Waals surface area (Å²) in [6, 6.07) is 12.6. The van der Waals surface area contributed by atoms with Crippen molar-refractivity contribution in [2.45, 2.75) is 6.10 Å². The van der Waals surface area contributed by atoms with Crippen molar-refractivity contribution >= 4 is 38.5 Å². The van der Waals surface area contributed by atoms with E-state index in [0.717, 1.165) is 9.86 Å². The summed E-state index contributed by atoms with van der Waals surface area (Å²) >= 11 is 9.34. The molecular formula is C16H12BrClO3. The number of ether oxygens (including phenoxy) is 1. The lowest BCUT2D eigenvalue weighted by molar-refractivity contribution is 0.188. The first-order chi connectivity index (χ1) is 10.1. The molecule has 0 aliphatic rings. The number of benzene rings is 2. The van der Waals surface area contributed by atoms with Gasteiger partial charge in [-0.3, -0.25) is 0 Å². The molecule has 21 heavy (non-hydrogen) atoms. The first kappa shape index (κ1) is 14.4. The van der Waals surface area contributed by atoms with Crippen molar-refractivity contribution in [3.8, 4) is 5.75 Å². The van der Waals surface area contributed by atoms with Gasteiger partial charge in [0.2, 0.25) is 0 Å². The molecule has 2 aromatic carbocycles. The van der Waals surface area contributed by atoms with E-state index in [1.807, 2.05) is 6.07 Å². The summed E-state index contributed by atoms with van der Waals surface area (Å²) in [5, 5.41) is 12.0. The van der Waals surface area contributed by atoms with Crippen LogP contribution in [0.4, 0.5) is 0 Å². The molecule has 1 atom stereocenters. The van der Waals surface area contributed by atoms with E-state index in [1.165, 1.54) is 0 Å². The second kappa shape index (κ2) is 5.72. The van der Waals surface area contributed by atoms with Gasteiger partial charge >= 0.3 is 0 Å². The Morgan fingerprint density at radius 1 is 1.19 bits per heavy atom. The van der Waals surface area contributed by atoms with E-state index in [2.05, 4.69) is 15.9 Å². The van der Waals surface area contributed by atoms with Crippen LogP contribution in [0.15, 0.2) is 51.4 Å². The summed E-state index contributed by atoms with van der Waals surface area (Å²) in [5.74, 6) is 1.04. The fraction of sp³-hybridized carbons (Fsp3) is 0.125. The van der Waals surface area contributed by atoms with Crippen LogP contribution in [0.2, 0.25) is 5.02 Å². The van der Waals surface area contributed by atoms with Crippen molar-refractivity contribution in [1.82, 2.24) is 0 Å². The maximum absolute atomic E-state index is 10.5. The quantitative estimate of drug-likeness (QED) is 0.713. The lowest BCUT2D eigenvalue weighted by Gasteiger charge is -2.13. The summed E-state index contributed by atoms with van der Waals surface area (Å²) in [4.78, 5) is 0. The van der Waals surface area contributed by atoms with E-state index in [9.17, 15) is 5.11 Å². The third-order valence-electron chi connectivity index (χ3n) is 3.26. The minimum atomic E-state index is -0.903. The fourth-order valence-corrected chi connectivity index (χ4v) is 2.75. The highest BCUT2D eigenvalue weighted by Gasteiger charge is 2.19. The number of fused-ring (bicyclic) bond motifs is 1. The number of hydrogen-bond donors (Lipinski definition) is 1.